The van der Waals surface area contributed by atoms with E-state index in [9.17, 15) is 0 Å². The van der Waals surface area contributed by atoms with Gasteiger partial charge < -0.3 is 11.1 Å². The lowest BCUT2D eigenvalue weighted by Gasteiger charge is -2.32. The minimum Gasteiger partial charge on any atom is -0.368 e. The Morgan fingerprint density at radius 3 is 2.43 bits per heavy atom. The second-order valence-corrected chi connectivity index (χ2v) is 6.57. The first-order chi connectivity index (χ1) is 9.84. The molecule has 5 heteroatoms. The summed E-state index contributed by atoms with van der Waals surface area (Å²) in [5.41, 5.74) is 6.98. The van der Waals surface area contributed by atoms with Gasteiger partial charge in [0.15, 0.2) is 0 Å². The molecule has 0 amide bonds. The molecule has 1 aromatic heterocycles. The summed E-state index contributed by atoms with van der Waals surface area (Å²) in [7, 11) is 0. The van der Waals surface area contributed by atoms with E-state index in [1.807, 2.05) is 6.07 Å². The fourth-order valence-electron chi connectivity index (χ4n) is 2.11. The van der Waals surface area contributed by atoms with Crippen molar-refractivity contribution in [1.82, 2.24) is 9.97 Å². The van der Waals surface area contributed by atoms with Gasteiger partial charge in [-0.3, -0.25) is 0 Å². The normalized spacial score (nSPS) is 13.0. The van der Waals surface area contributed by atoms with Gasteiger partial charge in [-0.15, -0.1) is 0 Å². The number of nitrogens with one attached hydrogen (secondary N) is 1. The molecule has 1 heterocycles. The van der Waals surface area contributed by atoms with E-state index in [0.717, 1.165) is 6.42 Å². The van der Waals surface area contributed by atoms with Gasteiger partial charge in [-0.25, -0.2) is 4.98 Å². The number of hydrogen-bond donors (Lipinski definition) is 2. The van der Waals surface area contributed by atoms with E-state index in [-0.39, 0.29) is 17.4 Å². The second-order valence-electron chi connectivity index (χ2n) is 6.19. The largest absolute Gasteiger partial charge is 0.368 e. The van der Waals surface area contributed by atoms with Crippen molar-refractivity contribution in [2.75, 3.05) is 11.1 Å². The number of aromatic nitrogens is 2. The molecule has 0 aliphatic rings. The van der Waals surface area contributed by atoms with E-state index in [1.165, 1.54) is 5.56 Å². The van der Waals surface area contributed by atoms with Crippen LogP contribution in [-0.2, 0) is 6.42 Å². The highest BCUT2D eigenvalue weighted by atomic mass is 35.5. The Bertz CT molecular complexity index is 573. The number of nitrogens with two attached hydrogens (primary N) is 1. The molecule has 112 valence electrons. The molecule has 3 N–H and O–H groups in total. The summed E-state index contributed by atoms with van der Waals surface area (Å²) < 4.78 is 0. The Morgan fingerprint density at radius 2 is 1.86 bits per heavy atom. The first-order valence-corrected chi connectivity index (χ1v) is 7.33. The highest BCUT2D eigenvalue weighted by Gasteiger charge is 2.25. The van der Waals surface area contributed by atoms with Gasteiger partial charge in [-0.05, 0) is 17.4 Å². The van der Waals surface area contributed by atoms with Crippen molar-refractivity contribution in [3.8, 4) is 0 Å². The molecular formula is C16H21ClN4. The second kappa shape index (κ2) is 6.31. The number of nitrogens with zero attached hydrogens (tertiary/aromatic N) is 2. The third-order valence-electron chi connectivity index (χ3n) is 3.36. The molecular weight excluding hydrogens is 284 g/mol. The lowest BCUT2D eigenvalue weighted by Crippen LogP contribution is -2.36. The Hall–Kier alpha value is -1.81. The molecule has 0 bridgehead atoms. The van der Waals surface area contributed by atoms with E-state index in [1.54, 1.807) is 6.07 Å². The van der Waals surface area contributed by atoms with E-state index in [2.05, 4.69) is 60.3 Å². The van der Waals surface area contributed by atoms with Crippen LogP contribution in [0.2, 0.25) is 5.15 Å². The minimum atomic E-state index is 0.0576. The quantitative estimate of drug-likeness (QED) is 0.844. The third kappa shape index (κ3) is 4.60. The fourth-order valence-corrected chi connectivity index (χ4v) is 2.30. The maximum Gasteiger partial charge on any atom is 0.223 e. The fraction of sp³-hybridized carbons (Fsp3) is 0.375. The van der Waals surface area contributed by atoms with Crippen LogP contribution in [0.1, 0.15) is 26.3 Å². The summed E-state index contributed by atoms with van der Waals surface area (Å²) in [6.07, 6.45) is 0.895. The van der Waals surface area contributed by atoms with Crippen LogP contribution in [0.15, 0.2) is 36.4 Å². The summed E-state index contributed by atoms with van der Waals surface area (Å²) >= 11 is 5.94. The van der Waals surface area contributed by atoms with Gasteiger partial charge in [0.05, 0.1) is 0 Å². The molecule has 1 aromatic carbocycles. The molecule has 0 fully saturated rings. The average molecular weight is 305 g/mol. The van der Waals surface area contributed by atoms with Crippen molar-refractivity contribution < 1.29 is 0 Å². The average Bonchev–Trinajstić information content (AvgIpc) is 2.37. The summed E-state index contributed by atoms with van der Waals surface area (Å²) in [5, 5.41) is 3.78. The molecule has 0 aliphatic heterocycles. The molecule has 0 saturated carbocycles. The first kappa shape index (κ1) is 15.6. The molecule has 21 heavy (non-hydrogen) atoms. The summed E-state index contributed by atoms with van der Waals surface area (Å²) in [6, 6.07) is 12.3. The Morgan fingerprint density at radius 1 is 1.19 bits per heavy atom. The van der Waals surface area contributed by atoms with E-state index < -0.39 is 0 Å². The summed E-state index contributed by atoms with van der Waals surface area (Å²) in [6.45, 7) is 6.58. The third-order valence-corrected chi connectivity index (χ3v) is 3.56. The van der Waals surface area contributed by atoms with Crippen LogP contribution in [0.25, 0.3) is 0 Å². The number of benzene rings is 1. The highest BCUT2D eigenvalue weighted by Crippen LogP contribution is 2.26. The minimum absolute atomic E-state index is 0.0576. The molecule has 1 unspecified atom stereocenters. The van der Waals surface area contributed by atoms with Crippen LogP contribution in [0.4, 0.5) is 11.8 Å². The van der Waals surface area contributed by atoms with Crippen molar-refractivity contribution in [2.45, 2.75) is 33.2 Å². The molecule has 1 atom stereocenters. The zero-order chi connectivity index (χ0) is 15.5. The van der Waals surface area contributed by atoms with Crippen LogP contribution in [0.5, 0.6) is 0 Å². The van der Waals surface area contributed by atoms with Crippen LogP contribution in [0, 0.1) is 5.41 Å². The zero-order valence-corrected chi connectivity index (χ0v) is 13.4. The molecule has 2 rings (SSSR count). The topological polar surface area (TPSA) is 63.8 Å². The highest BCUT2D eigenvalue weighted by molar-refractivity contribution is 6.29. The lowest BCUT2D eigenvalue weighted by atomic mass is 9.83. The molecule has 0 saturated heterocycles. The van der Waals surface area contributed by atoms with Crippen molar-refractivity contribution >= 4 is 23.4 Å². The van der Waals surface area contributed by atoms with Crippen molar-refractivity contribution in [2.24, 2.45) is 5.41 Å². The van der Waals surface area contributed by atoms with Gasteiger partial charge in [0.25, 0.3) is 0 Å². The number of anilines is 2. The van der Waals surface area contributed by atoms with Crippen molar-refractivity contribution in [3.63, 3.8) is 0 Å². The molecule has 0 aliphatic carbocycles. The Labute approximate surface area is 130 Å². The number of hydrogen-bond acceptors (Lipinski definition) is 4. The predicted octanol–water partition coefficient (Wildman–Crippen LogP) is 3.78. The van der Waals surface area contributed by atoms with Crippen LogP contribution >= 0.6 is 11.6 Å². The van der Waals surface area contributed by atoms with Crippen molar-refractivity contribution in [3.05, 3.63) is 47.1 Å². The van der Waals surface area contributed by atoms with E-state index >= 15 is 0 Å². The predicted molar refractivity (Wildman–Crippen MR) is 88.5 cm³/mol. The number of nitrogen functional groups attached to an aromatic ring is 1. The van der Waals surface area contributed by atoms with Gasteiger partial charge >= 0.3 is 0 Å². The van der Waals surface area contributed by atoms with E-state index in [0.29, 0.717) is 11.0 Å². The monoisotopic (exact) mass is 304 g/mol. The van der Waals surface area contributed by atoms with Gasteiger partial charge in [0.2, 0.25) is 5.95 Å². The summed E-state index contributed by atoms with van der Waals surface area (Å²) in [4.78, 5) is 8.08. The SMILES string of the molecule is CC(C)(C)C(Cc1ccccc1)Nc1cc(Cl)nc(N)n1. The standard InChI is InChI=1S/C16H21ClN4/c1-16(2,3)12(9-11-7-5-4-6-8-11)19-14-10-13(17)20-15(18)21-14/h4-8,10,12H,9H2,1-3H3,(H3,18,19,20,21). The maximum atomic E-state index is 5.94. The number of halogens is 1. The molecule has 4 nitrogen and oxygen atoms in total. The van der Waals surface area contributed by atoms with Crippen LogP contribution in [-0.4, -0.2) is 16.0 Å². The van der Waals surface area contributed by atoms with Gasteiger partial charge in [-0.1, -0.05) is 62.7 Å². The van der Waals surface area contributed by atoms with Crippen molar-refractivity contribution in [1.29, 1.82) is 0 Å². The Balaban J connectivity index is 2.21. The maximum absolute atomic E-state index is 5.94. The lowest BCUT2D eigenvalue weighted by molar-refractivity contribution is 0.338. The van der Waals surface area contributed by atoms with Crippen LogP contribution in [0.3, 0.4) is 0 Å². The molecule has 0 spiro atoms. The van der Waals surface area contributed by atoms with Gasteiger partial charge in [-0.2, -0.15) is 4.98 Å². The molecule has 2 aromatic rings. The summed E-state index contributed by atoms with van der Waals surface area (Å²) in [5.74, 6) is 0.834. The zero-order valence-electron chi connectivity index (χ0n) is 12.6. The van der Waals surface area contributed by atoms with Gasteiger partial charge in [0, 0.05) is 12.1 Å². The van der Waals surface area contributed by atoms with Gasteiger partial charge in [0.1, 0.15) is 11.0 Å². The Kier molecular flexibility index (Phi) is 4.68. The number of rotatable bonds is 4. The van der Waals surface area contributed by atoms with Crippen LogP contribution < -0.4 is 11.1 Å². The van der Waals surface area contributed by atoms with E-state index in [4.69, 9.17) is 17.3 Å². The smallest absolute Gasteiger partial charge is 0.223 e. The molecule has 0 radical (unpaired) electrons. The first-order valence-electron chi connectivity index (χ1n) is 6.95.